The van der Waals surface area contributed by atoms with Crippen LogP contribution in [0.3, 0.4) is 0 Å². The summed E-state index contributed by atoms with van der Waals surface area (Å²) in [4.78, 5) is 0. The van der Waals surface area contributed by atoms with Crippen molar-refractivity contribution in [1.29, 1.82) is 0 Å². The van der Waals surface area contributed by atoms with E-state index < -0.39 is 9.84 Å². The zero-order chi connectivity index (χ0) is 13.9. The first kappa shape index (κ1) is 15.0. The predicted octanol–water partition coefficient (Wildman–Crippen LogP) is 2.55. The molecule has 0 spiro atoms. The van der Waals surface area contributed by atoms with Crippen molar-refractivity contribution in [1.82, 2.24) is 5.32 Å². The van der Waals surface area contributed by atoms with Gasteiger partial charge in [0.25, 0.3) is 0 Å². The molecule has 1 saturated heterocycles. The van der Waals surface area contributed by atoms with E-state index in [2.05, 4.69) is 40.3 Å². The number of halogens is 1. The van der Waals surface area contributed by atoms with Crippen molar-refractivity contribution in [2.45, 2.75) is 37.5 Å². The average Bonchev–Trinajstić information content (AvgIpc) is 2.69. The molecule has 3 nitrogen and oxygen atoms in total. The van der Waals surface area contributed by atoms with E-state index in [0.717, 1.165) is 23.7 Å². The quantitative estimate of drug-likeness (QED) is 0.891. The van der Waals surface area contributed by atoms with Crippen LogP contribution in [0.1, 0.15) is 25.3 Å². The molecule has 0 amide bonds. The van der Waals surface area contributed by atoms with Crippen LogP contribution in [-0.4, -0.2) is 32.0 Å². The Morgan fingerprint density at radius 1 is 1.37 bits per heavy atom. The average molecular weight is 346 g/mol. The third kappa shape index (κ3) is 4.29. The molecule has 1 N–H and O–H groups in total. The van der Waals surface area contributed by atoms with Crippen molar-refractivity contribution in [2.75, 3.05) is 12.3 Å². The zero-order valence-electron chi connectivity index (χ0n) is 11.1. The predicted molar refractivity (Wildman–Crippen MR) is 82.1 cm³/mol. The Bertz CT molecular complexity index is 513. The Morgan fingerprint density at radius 3 is 2.63 bits per heavy atom. The molecule has 1 aromatic rings. The van der Waals surface area contributed by atoms with Gasteiger partial charge >= 0.3 is 0 Å². The van der Waals surface area contributed by atoms with Gasteiger partial charge in [0.2, 0.25) is 0 Å². The highest BCUT2D eigenvalue weighted by Gasteiger charge is 2.30. The van der Waals surface area contributed by atoms with Gasteiger partial charge in [0.1, 0.15) is 0 Å². The molecule has 1 aliphatic heterocycles. The van der Waals surface area contributed by atoms with E-state index in [-0.39, 0.29) is 11.3 Å². The van der Waals surface area contributed by atoms with Crippen LogP contribution in [0.2, 0.25) is 0 Å². The number of rotatable bonds is 5. The third-order valence-electron chi connectivity index (χ3n) is 3.61. The van der Waals surface area contributed by atoms with Crippen molar-refractivity contribution in [3.05, 3.63) is 34.3 Å². The maximum absolute atomic E-state index is 11.7. The van der Waals surface area contributed by atoms with Crippen LogP contribution < -0.4 is 5.32 Å². The fourth-order valence-corrected chi connectivity index (χ4v) is 4.51. The molecule has 0 bridgehead atoms. The highest BCUT2D eigenvalue weighted by Crippen LogP contribution is 2.19. The number of hydrogen-bond donors (Lipinski definition) is 1. The van der Waals surface area contributed by atoms with Gasteiger partial charge in [0.05, 0.1) is 11.0 Å². The topological polar surface area (TPSA) is 46.2 Å². The van der Waals surface area contributed by atoms with E-state index in [0.29, 0.717) is 12.3 Å². The van der Waals surface area contributed by atoms with Crippen molar-refractivity contribution in [3.8, 4) is 0 Å². The Labute approximate surface area is 123 Å². The lowest BCUT2D eigenvalue weighted by Gasteiger charge is -2.17. The molecule has 0 saturated carbocycles. The minimum Gasteiger partial charge on any atom is -0.313 e. The van der Waals surface area contributed by atoms with Gasteiger partial charge in [-0.3, -0.25) is 0 Å². The number of sulfone groups is 1. The summed E-state index contributed by atoms with van der Waals surface area (Å²) in [5.74, 6) is 0.362. The largest absolute Gasteiger partial charge is 0.313 e. The second-order valence-electron chi connectivity index (χ2n) is 5.27. The van der Waals surface area contributed by atoms with Crippen molar-refractivity contribution in [3.63, 3.8) is 0 Å². The fraction of sp³-hybridized carbons (Fsp3) is 0.571. The van der Waals surface area contributed by atoms with E-state index in [4.69, 9.17) is 0 Å². The summed E-state index contributed by atoms with van der Waals surface area (Å²) in [6, 6.07) is 8.54. The SMILES string of the molecule is C[C@H](Cc1ccc(Br)cc1)NC[C@@H]1CCCS1(=O)=O. The maximum atomic E-state index is 11.7. The monoisotopic (exact) mass is 345 g/mol. The summed E-state index contributed by atoms with van der Waals surface area (Å²) in [5.41, 5.74) is 1.26. The molecule has 2 atom stereocenters. The normalized spacial score (nSPS) is 23.4. The summed E-state index contributed by atoms with van der Waals surface area (Å²) in [6.07, 6.45) is 2.54. The summed E-state index contributed by atoms with van der Waals surface area (Å²) < 4.78 is 24.5. The molecule has 0 radical (unpaired) electrons. The minimum absolute atomic E-state index is 0.181. The van der Waals surface area contributed by atoms with Gasteiger partial charge < -0.3 is 5.32 Å². The highest BCUT2D eigenvalue weighted by molar-refractivity contribution is 9.10. The van der Waals surface area contributed by atoms with E-state index in [9.17, 15) is 8.42 Å². The van der Waals surface area contributed by atoms with Gasteiger partial charge in [0, 0.05) is 17.1 Å². The second kappa shape index (κ2) is 6.37. The second-order valence-corrected chi connectivity index (χ2v) is 8.59. The van der Waals surface area contributed by atoms with Crippen LogP contribution in [0, 0.1) is 0 Å². The van der Waals surface area contributed by atoms with Crippen LogP contribution >= 0.6 is 15.9 Å². The molecule has 1 aliphatic rings. The first-order valence-corrected chi connectivity index (χ1v) is 9.17. The van der Waals surface area contributed by atoms with E-state index in [1.807, 2.05) is 12.1 Å². The summed E-state index contributed by atoms with van der Waals surface area (Å²) in [6.45, 7) is 2.68. The van der Waals surface area contributed by atoms with Crippen LogP contribution in [-0.2, 0) is 16.3 Å². The van der Waals surface area contributed by atoms with E-state index in [1.165, 1.54) is 5.56 Å². The van der Waals surface area contributed by atoms with Gasteiger partial charge in [-0.1, -0.05) is 28.1 Å². The number of hydrogen-bond acceptors (Lipinski definition) is 3. The first-order valence-electron chi connectivity index (χ1n) is 6.67. The van der Waals surface area contributed by atoms with Crippen molar-refractivity contribution < 1.29 is 8.42 Å². The first-order chi connectivity index (χ1) is 8.97. The van der Waals surface area contributed by atoms with Crippen LogP contribution in [0.15, 0.2) is 28.7 Å². The van der Waals surface area contributed by atoms with E-state index in [1.54, 1.807) is 0 Å². The Balaban J connectivity index is 1.82. The molecular weight excluding hydrogens is 326 g/mol. The highest BCUT2D eigenvalue weighted by atomic mass is 79.9. The standard InChI is InChI=1S/C14H20BrNO2S/c1-11(9-12-4-6-13(15)7-5-12)16-10-14-3-2-8-19(14,17)18/h4-7,11,14,16H,2-3,8-10H2,1H3/t11-,14+/m1/s1. The molecule has 0 unspecified atom stereocenters. The molecule has 1 aromatic carbocycles. The molecular formula is C14H20BrNO2S. The summed E-state index contributed by atoms with van der Waals surface area (Å²) >= 11 is 3.42. The van der Waals surface area contributed by atoms with Gasteiger partial charge in [-0.2, -0.15) is 0 Å². The third-order valence-corrected chi connectivity index (χ3v) is 6.42. The van der Waals surface area contributed by atoms with Gasteiger partial charge in [-0.15, -0.1) is 0 Å². The van der Waals surface area contributed by atoms with Crippen molar-refractivity contribution >= 4 is 25.8 Å². The fourth-order valence-electron chi connectivity index (χ4n) is 2.47. The molecule has 0 aliphatic carbocycles. The zero-order valence-corrected chi connectivity index (χ0v) is 13.5. The van der Waals surface area contributed by atoms with Crippen molar-refractivity contribution in [2.24, 2.45) is 0 Å². The molecule has 5 heteroatoms. The van der Waals surface area contributed by atoms with Gasteiger partial charge in [-0.05, 0) is 43.9 Å². The van der Waals surface area contributed by atoms with E-state index >= 15 is 0 Å². The Kier molecular flexibility index (Phi) is 5.03. The number of benzene rings is 1. The van der Waals surface area contributed by atoms with Crippen LogP contribution in [0.5, 0.6) is 0 Å². The summed E-state index contributed by atoms with van der Waals surface area (Å²) in [5, 5.41) is 3.17. The smallest absolute Gasteiger partial charge is 0.154 e. The van der Waals surface area contributed by atoms with Gasteiger partial charge in [-0.25, -0.2) is 8.42 Å². The lowest BCUT2D eigenvalue weighted by molar-refractivity contribution is 0.521. The molecule has 106 valence electrons. The molecule has 1 heterocycles. The molecule has 1 fully saturated rings. The van der Waals surface area contributed by atoms with Crippen LogP contribution in [0.4, 0.5) is 0 Å². The maximum Gasteiger partial charge on any atom is 0.154 e. The minimum atomic E-state index is -2.83. The lowest BCUT2D eigenvalue weighted by Crippen LogP contribution is -2.37. The number of nitrogens with one attached hydrogen (secondary N) is 1. The van der Waals surface area contributed by atoms with Gasteiger partial charge in [0.15, 0.2) is 9.84 Å². The Morgan fingerprint density at radius 2 is 2.05 bits per heavy atom. The Hall–Kier alpha value is -0.390. The molecule has 2 rings (SSSR count). The molecule has 19 heavy (non-hydrogen) atoms. The molecule has 0 aromatic heterocycles. The lowest BCUT2D eigenvalue weighted by atomic mass is 10.1. The van der Waals surface area contributed by atoms with Crippen LogP contribution in [0.25, 0.3) is 0 Å². The summed E-state index contributed by atoms with van der Waals surface area (Å²) in [7, 11) is -2.83.